The summed E-state index contributed by atoms with van der Waals surface area (Å²) >= 11 is 0. The van der Waals surface area contributed by atoms with Gasteiger partial charge in [0.05, 0.1) is 5.69 Å². The maximum atomic E-state index is 4.95. The van der Waals surface area contributed by atoms with E-state index < -0.39 is 0 Å². The summed E-state index contributed by atoms with van der Waals surface area (Å²) in [5.41, 5.74) is 4.88. The summed E-state index contributed by atoms with van der Waals surface area (Å²) < 4.78 is 0. The van der Waals surface area contributed by atoms with Crippen molar-refractivity contribution in [2.24, 2.45) is 0 Å². The fourth-order valence-electron chi connectivity index (χ4n) is 4.00. The molecule has 0 aromatic carbocycles. The average molecular weight is 401 g/mol. The zero-order chi connectivity index (χ0) is 21.1. The van der Waals surface area contributed by atoms with Crippen LogP contribution in [0.3, 0.4) is 0 Å². The molecule has 0 unspecified atom stereocenters. The Morgan fingerprint density at radius 2 is 2.03 bits per heavy atom. The number of hydrogen-bond acceptors (Lipinski definition) is 6. The minimum absolute atomic E-state index is 0.259. The van der Waals surface area contributed by atoms with Crippen molar-refractivity contribution in [1.29, 1.82) is 0 Å². The molecule has 4 rings (SSSR count). The Morgan fingerprint density at radius 1 is 1.17 bits per heavy atom. The number of nitrogens with zero attached hydrogens (tertiary/aromatic N) is 5. The molecule has 0 amide bonds. The predicted molar refractivity (Wildman–Crippen MR) is 120 cm³/mol. The van der Waals surface area contributed by atoms with Gasteiger partial charge in [-0.1, -0.05) is 6.58 Å². The Morgan fingerprint density at radius 3 is 2.77 bits per heavy atom. The van der Waals surface area contributed by atoms with Gasteiger partial charge >= 0.3 is 0 Å². The second kappa shape index (κ2) is 8.61. The van der Waals surface area contributed by atoms with Crippen molar-refractivity contribution < 1.29 is 0 Å². The van der Waals surface area contributed by atoms with Crippen molar-refractivity contribution in [2.45, 2.75) is 45.6 Å². The first-order valence-electron chi connectivity index (χ1n) is 10.4. The molecule has 0 bridgehead atoms. The molecule has 6 heteroatoms. The molecule has 4 heterocycles. The second-order valence-corrected chi connectivity index (χ2v) is 8.06. The molecule has 1 fully saturated rings. The first-order valence-corrected chi connectivity index (χ1v) is 10.4. The minimum atomic E-state index is 0.259. The molecule has 1 aliphatic rings. The molecule has 0 aliphatic carbocycles. The maximum Gasteiger partial charge on any atom is 0.136 e. The van der Waals surface area contributed by atoms with Crippen LogP contribution in [0.5, 0.6) is 0 Å². The van der Waals surface area contributed by atoms with Crippen LogP contribution in [-0.2, 0) is 0 Å². The summed E-state index contributed by atoms with van der Waals surface area (Å²) in [6.45, 7) is 11.4. The summed E-state index contributed by atoms with van der Waals surface area (Å²) in [6.07, 6.45) is 7.59. The fourth-order valence-corrected chi connectivity index (χ4v) is 4.00. The van der Waals surface area contributed by atoms with Crippen LogP contribution in [0.2, 0.25) is 0 Å². The van der Waals surface area contributed by atoms with E-state index in [1.54, 1.807) is 12.4 Å². The van der Waals surface area contributed by atoms with Crippen molar-refractivity contribution in [3.63, 3.8) is 0 Å². The highest BCUT2D eigenvalue weighted by atomic mass is 15.2. The largest absolute Gasteiger partial charge is 0.372 e. The van der Waals surface area contributed by atoms with Gasteiger partial charge < -0.3 is 10.2 Å². The van der Waals surface area contributed by atoms with Gasteiger partial charge in [-0.2, -0.15) is 0 Å². The molecule has 0 spiro atoms. The van der Waals surface area contributed by atoms with Gasteiger partial charge in [-0.25, -0.2) is 9.97 Å². The molecule has 0 radical (unpaired) electrons. The number of rotatable bonds is 5. The molecular formula is C24H28N6. The number of piperidine rings is 1. The smallest absolute Gasteiger partial charge is 0.136 e. The van der Waals surface area contributed by atoms with Crippen LogP contribution < -0.4 is 5.32 Å². The molecule has 6 nitrogen and oxygen atoms in total. The molecule has 0 saturated carbocycles. The van der Waals surface area contributed by atoms with E-state index >= 15 is 0 Å². The second-order valence-electron chi connectivity index (χ2n) is 8.06. The Labute approximate surface area is 178 Å². The van der Waals surface area contributed by atoms with Gasteiger partial charge in [-0.05, 0) is 57.9 Å². The van der Waals surface area contributed by atoms with Gasteiger partial charge in [-0.3, -0.25) is 9.97 Å². The van der Waals surface area contributed by atoms with Gasteiger partial charge in [0.15, 0.2) is 0 Å². The first-order chi connectivity index (χ1) is 14.5. The van der Waals surface area contributed by atoms with Crippen LogP contribution >= 0.6 is 0 Å². The van der Waals surface area contributed by atoms with Crippen molar-refractivity contribution in [3.05, 3.63) is 72.7 Å². The van der Waals surface area contributed by atoms with E-state index in [1.807, 2.05) is 43.5 Å². The first kappa shape index (κ1) is 20.0. The van der Waals surface area contributed by atoms with E-state index in [2.05, 4.69) is 40.6 Å². The monoisotopic (exact) mass is 400 g/mol. The van der Waals surface area contributed by atoms with E-state index in [-0.39, 0.29) is 5.92 Å². The molecule has 3 aromatic heterocycles. The van der Waals surface area contributed by atoms with Crippen LogP contribution in [0, 0.1) is 6.92 Å². The Bertz CT molecular complexity index is 1030. The average Bonchev–Trinajstić information content (AvgIpc) is 2.74. The summed E-state index contributed by atoms with van der Waals surface area (Å²) in [4.78, 5) is 20.8. The third-order valence-corrected chi connectivity index (χ3v) is 5.61. The molecule has 30 heavy (non-hydrogen) atoms. The van der Waals surface area contributed by atoms with Crippen molar-refractivity contribution in [1.82, 2.24) is 24.8 Å². The van der Waals surface area contributed by atoms with Crippen LogP contribution in [-0.4, -0.2) is 37.4 Å². The van der Waals surface area contributed by atoms with E-state index in [0.29, 0.717) is 6.04 Å². The maximum absolute atomic E-state index is 4.95. The third-order valence-electron chi connectivity index (χ3n) is 5.61. The van der Waals surface area contributed by atoms with Crippen molar-refractivity contribution in [2.75, 3.05) is 11.9 Å². The fraction of sp³-hybridized carbons (Fsp3) is 0.333. The molecule has 1 aliphatic heterocycles. The van der Waals surface area contributed by atoms with Crippen molar-refractivity contribution >= 4 is 11.5 Å². The zero-order valence-corrected chi connectivity index (χ0v) is 17.8. The number of allylic oxidation sites excluding steroid dienone is 1. The van der Waals surface area contributed by atoms with Crippen LogP contribution in [0.4, 0.5) is 11.5 Å². The van der Waals surface area contributed by atoms with E-state index in [1.165, 1.54) is 0 Å². The standard InChI is InChI=1S/C24H28N6/c1-16(2)30-15-20(8-7-18(30)4)24-28-22(19-6-5-10-25-14-19)13-23(29-24)27-21-9-11-26-17(3)12-21/h5-6,9-14,18,20H,1,7-8,15H2,2-4H3,(H,26,27,28,29)/t18-,20+/m0/s1. The van der Waals surface area contributed by atoms with Gasteiger partial charge in [0.25, 0.3) is 0 Å². The van der Waals surface area contributed by atoms with Gasteiger partial charge in [0, 0.05) is 65.8 Å². The number of hydrogen-bond donors (Lipinski definition) is 1. The molecule has 154 valence electrons. The van der Waals surface area contributed by atoms with Gasteiger partial charge in [-0.15, -0.1) is 0 Å². The summed E-state index contributed by atoms with van der Waals surface area (Å²) in [7, 11) is 0. The Kier molecular flexibility index (Phi) is 5.74. The lowest BCUT2D eigenvalue weighted by molar-refractivity contribution is 0.186. The van der Waals surface area contributed by atoms with Gasteiger partial charge in [0.2, 0.25) is 0 Å². The number of likely N-dealkylation sites (tertiary alicyclic amines) is 1. The van der Waals surface area contributed by atoms with Crippen LogP contribution in [0.1, 0.15) is 44.1 Å². The molecular weight excluding hydrogens is 372 g/mol. The topological polar surface area (TPSA) is 66.8 Å². The molecule has 1 N–H and O–H groups in total. The highest BCUT2D eigenvalue weighted by Crippen LogP contribution is 2.32. The Balaban J connectivity index is 1.71. The lowest BCUT2D eigenvalue weighted by Crippen LogP contribution is -2.39. The lowest BCUT2D eigenvalue weighted by atomic mass is 9.92. The predicted octanol–water partition coefficient (Wildman–Crippen LogP) is 5.09. The zero-order valence-electron chi connectivity index (χ0n) is 17.8. The number of aryl methyl sites for hydroxylation is 1. The van der Waals surface area contributed by atoms with Crippen LogP contribution in [0.15, 0.2) is 61.2 Å². The molecule has 3 aromatic rings. The molecule has 1 saturated heterocycles. The minimum Gasteiger partial charge on any atom is -0.372 e. The number of pyridine rings is 2. The third kappa shape index (κ3) is 4.48. The number of nitrogens with one attached hydrogen (secondary N) is 1. The number of anilines is 2. The molecule has 2 atom stereocenters. The van der Waals surface area contributed by atoms with E-state index in [0.717, 1.165) is 59.4 Å². The summed E-state index contributed by atoms with van der Waals surface area (Å²) in [6, 6.07) is 10.4. The van der Waals surface area contributed by atoms with Crippen molar-refractivity contribution in [3.8, 4) is 11.3 Å². The highest BCUT2D eigenvalue weighted by molar-refractivity contribution is 5.65. The normalized spacial score (nSPS) is 18.8. The van der Waals surface area contributed by atoms with Gasteiger partial charge in [0.1, 0.15) is 11.6 Å². The van der Waals surface area contributed by atoms with Crippen LogP contribution in [0.25, 0.3) is 11.3 Å². The number of aromatic nitrogens is 4. The Hall–Kier alpha value is -3.28. The quantitative estimate of drug-likeness (QED) is 0.644. The van der Waals surface area contributed by atoms with E-state index in [4.69, 9.17) is 9.97 Å². The summed E-state index contributed by atoms with van der Waals surface area (Å²) in [5.74, 6) is 1.90. The SMILES string of the molecule is C=C(C)N1C[C@H](c2nc(Nc3ccnc(C)c3)cc(-c3cccnc3)n2)CC[C@@H]1C. The lowest BCUT2D eigenvalue weighted by Gasteiger charge is -2.39. The highest BCUT2D eigenvalue weighted by Gasteiger charge is 2.28. The van der Waals surface area contributed by atoms with E-state index in [9.17, 15) is 0 Å². The summed E-state index contributed by atoms with van der Waals surface area (Å²) in [5, 5.41) is 3.43.